The molecule has 1 heterocycles. The average Bonchev–Trinajstić information content (AvgIpc) is 3.26. The van der Waals surface area contributed by atoms with Crippen molar-refractivity contribution in [3.63, 3.8) is 0 Å². The Hall–Kier alpha value is -2.36. The molecule has 1 amide bonds. The highest BCUT2D eigenvalue weighted by molar-refractivity contribution is 7.80. The maximum atomic E-state index is 12.5. The fourth-order valence-corrected chi connectivity index (χ4v) is 3.41. The lowest BCUT2D eigenvalue weighted by Crippen LogP contribution is -2.30. The van der Waals surface area contributed by atoms with Gasteiger partial charge in [-0.2, -0.15) is 0 Å². The van der Waals surface area contributed by atoms with Crippen molar-refractivity contribution in [3.05, 3.63) is 34.5 Å². The number of carbonyl (C=O) groups excluding carboxylic acids is 1. The number of carbonyl (C=O) groups is 1. The summed E-state index contributed by atoms with van der Waals surface area (Å²) in [6.07, 6.45) is 0.853. The normalized spacial score (nSPS) is 10.4. The van der Waals surface area contributed by atoms with E-state index in [1.54, 1.807) is 18.2 Å². The van der Waals surface area contributed by atoms with Crippen molar-refractivity contribution in [1.29, 1.82) is 0 Å². The molecule has 0 aliphatic heterocycles. The van der Waals surface area contributed by atoms with Crippen molar-refractivity contribution in [2.75, 3.05) is 43.6 Å². The van der Waals surface area contributed by atoms with Gasteiger partial charge in [-0.1, -0.05) is 6.07 Å². The van der Waals surface area contributed by atoms with E-state index >= 15 is 0 Å². The summed E-state index contributed by atoms with van der Waals surface area (Å²) in [6, 6.07) is 7.14. The summed E-state index contributed by atoms with van der Waals surface area (Å²) in [5.41, 5.74) is 1.21. The molecule has 3 N–H and O–H groups in total. The average molecular weight is 452 g/mol. The zero-order chi connectivity index (χ0) is 21.8. The van der Waals surface area contributed by atoms with Crippen LogP contribution in [-0.2, 0) is 4.74 Å². The van der Waals surface area contributed by atoms with Gasteiger partial charge in [0, 0.05) is 31.9 Å². The van der Waals surface area contributed by atoms with Crippen LogP contribution >= 0.6 is 23.6 Å². The van der Waals surface area contributed by atoms with Crippen LogP contribution in [0.5, 0.6) is 11.5 Å². The molecule has 0 aliphatic carbocycles. The van der Waals surface area contributed by atoms with E-state index in [9.17, 15) is 4.79 Å². The highest BCUT2D eigenvalue weighted by Crippen LogP contribution is 2.37. The Labute approximate surface area is 187 Å². The number of rotatable bonds is 12. The molecule has 0 unspecified atom stereocenters. The molecule has 0 fully saturated rings. The SMILES string of the molecule is CCOCCCNC(=S)Nc1cc(OCC)c(NC(=O)c2cccs2)cc1OCC. The van der Waals surface area contributed by atoms with Gasteiger partial charge in [0.05, 0.1) is 29.5 Å². The van der Waals surface area contributed by atoms with Gasteiger partial charge in [-0.15, -0.1) is 11.3 Å². The Morgan fingerprint density at radius 2 is 1.70 bits per heavy atom. The van der Waals surface area contributed by atoms with Gasteiger partial charge < -0.3 is 30.2 Å². The molecule has 1 aromatic heterocycles. The summed E-state index contributed by atoms with van der Waals surface area (Å²) in [4.78, 5) is 13.1. The highest BCUT2D eigenvalue weighted by Gasteiger charge is 2.16. The molecule has 0 saturated heterocycles. The number of hydrogen-bond donors (Lipinski definition) is 3. The van der Waals surface area contributed by atoms with Crippen LogP contribution in [0, 0.1) is 0 Å². The van der Waals surface area contributed by atoms with Crippen LogP contribution in [0.1, 0.15) is 36.9 Å². The fraction of sp³-hybridized carbons (Fsp3) is 0.429. The Morgan fingerprint density at radius 1 is 1.03 bits per heavy atom. The van der Waals surface area contributed by atoms with Crippen LogP contribution in [0.4, 0.5) is 11.4 Å². The second kappa shape index (κ2) is 13.0. The summed E-state index contributed by atoms with van der Waals surface area (Å²) in [7, 11) is 0. The molecule has 0 radical (unpaired) electrons. The van der Waals surface area contributed by atoms with E-state index in [2.05, 4.69) is 16.0 Å². The second-order valence-electron chi connectivity index (χ2n) is 6.07. The molecule has 9 heteroatoms. The van der Waals surface area contributed by atoms with E-state index in [1.807, 2.05) is 32.2 Å². The molecule has 164 valence electrons. The summed E-state index contributed by atoms with van der Waals surface area (Å²) in [5, 5.41) is 11.6. The highest BCUT2D eigenvalue weighted by atomic mass is 32.1. The second-order valence-corrected chi connectivity index (χ2v) is 7.43. The van der Waals surface area contributed by atoms with E-state index in [-0.39, 0.29) is 5.91 Å². The van der Waals surface area contributed by atoms with E-state index < -0.39 is 0 Å². The van der Waals surface area contributed by atoms with Crippen LogP contribution in [-0.4, -0.2) is 44.0 Å². The quantitative estimate of drug-likeness (QED) is 0.324. The van der Waals surface area contributed by atoms with Crippen molar-refractivity contribution in [1.82, 2.24) is 5.32 Å². The first-order chi connectivity index (χ1) is 14.6. The van der Waals surface area contributed by atoms with Crippen LogP contribution in [0.2, 0.25) is 0 Å². The largest absolute Gasteiger partial charge is 0.492 e. The summed E-state index contributed by atoms with van der Waals surface area (Å²) in [6.45, 7) is 8.76. The third kappa shape index (κ3) is 7.47. The van der Waals surface area contributed by atoms with Crippen molar-refractivity contribution >= 4 is 45.9 Å². The van der Waals surface area contributed by atoms with Crippen molar-refractivity contribution in [2.24, 2.45) is 0 Å². The Kier molecular flexibility index (Phi) is 10.4. The molecule has 0 atom stereocenters. The first-order valence-corrected chi connectivity index (χ1v) is 11.3. The lowest BCUT2D eigenvalue weighted by atomic mass is 10.2. The molecule has 30 heavy (non-hydrogen) atoms. The number of nitrogens with one attached hydrogen (secondary N) is 3. The summed E-state index contributed by atoms with van der Waals surface area (Å²) in [5.74, 6) is 0.911. The molecule has 0 aliphatic rings. The van der Waals surface area contributed by atoms with Gasteiger partial charge in [0.25, 0.3) is 5.91 Å². The molecule has 2 aromatic rings. The lowest BCUT2D eigenvalue weighted by Gasteiger charge is -2.19. The van der Waals surface area contributed by atoms with Gasteiger partial charge in [0.1, 0.15) is 11.5 Å². The zero-order valence-corrected chi connectivity index (χ0v) is 19.2. The van der Waals surface area contributed by atoms with Gasteiger partial charge >= 0.3 is 0 Å². The molecule has 0 saturated carbocycles. The van der Waals surface area contributed by atoms with Gasteiger partial charge in [0.2, 0.25) is 0 Å². The third-order valence-corrected chi connectivity index (χ3v) is 4.99. The Balaban J connectivity index is 2.15. The molecule has 0 bridgehead atoms. The number of thiocarbonyl (C=S) groups is 1. The molecular formula is C21H29N3O4S2. The number of thiophene rings is 1. The monoisotopic (exact) mass is 451 g/mol. The van der Waals surface area contributed by atoms with Crippen molar-refractivity contribution in [3.8, 4) is 11.5 Å². The Bertz CT molecular complexity index is 813. The van der Waals surface area contributed by atoms with Crippen LogP contribution in [0.3, 0.4) is 0 Å². The number of ether oxygens (including phenoxy) is 3. The third-order valence-electron chi connectivity index (χ3n) is 3.88. The molecule has 7 nitrogen and oxygen atoms in total. The molecular weight excluding hydrogens is 422 g/mol. The number of benzene rings is 1. The predicted molar refractivity (Wildman–Crippen MR) is 126 cm³/mol. The lowest BCUT2D eigenvalue weighted by molar-refractivity contribution is 0.103. The molecule has 2 rings (SSSR count). The fourth-order valence-electron chi connectivity index (χ4n) is 2.58. The van der Waals surface area contributed by atoms with E-state index in [1.165, 1.54) is 11.3 Å². The number of amides is 1. The molecule has 1 aromatic carbocycles. The van der Waals surface area contributed by atoms with Crippen LogP contribution < -0.4 is 25.4 Å². The van der Waals surface area contributed by atoms with Crippen LogP contribution in [0.15, 0.2) is 29.6 Å². The Morgan fingerprint density at radius 3 is 2.27 bits per heavy atom. The standard InChI is InChI=1S/C21H29N3O4S2/c1-4-26-11-8-10-22-21(29)24-16-14-17(27-5-2)15(13-18(16)28-6-3)23-20(25)19-9-7-12-30-19/h7,9,12-14H,4-6,8,10-11H2,1-3H3,(H,23,25)(H2,22,24,29). The van der Waals surface area contributed by atoms with Gasteiger partial charge in [0.15, 0.2) is 5.11 Å². The minimum absolute atomic E-state index is 0.194. The topological polar surface area (TPSA) is 80.9 Å². The maximum Gasteiger partial charge on any atom is 0.265 e. The van der Waals surface area contributed by atoms with Crippen LogP contribution in [0.25, 0.3) is 0 Å². The van der Waals surface area contributed by atoms with E-state index in [4.69, 9.17) is 26.4 Å². The minimum Gasteiger partial charge on any atom is -0.492 e. The maximum absolute atomic E-state index is 12.5. The van der Waals surface area contributed by atoms with Gasteiger partial charge in [-0.05, 0) is 50.9 Å². The van der Waals surface area contributed by atoms with Crippen molar-refractivity contribution in [2.45, 2.75) is 27.2 Å². The first-order valence-electron chi connectivity index (χ1n) is 10.00. The predicted octanol–water partition coefficient (Wildman–Crippen LogP) is 4.51. The zero-order valence-electron chi connectivity index (χ0n) is 17.6. The smallest absolute Gasteiger partial charge is 0.265 e. The summed E-state index contributed by atoms with van der Waals surface area (Å²) < 4.78 is 16.8. The number of hydrogen-bond acceptors (Lipinski definition) is 6. The molecule has 0 spiro atoms. The summed E-state index contributed by atoms with van der Waals surface area (Å²) >= 11 is 6.77. The van der Waals surface area contributed by atoms with Gasteiger partial charge in [-0.3, -0.25) is 4.79 Å². The minimum atomic E-state index is -0.194. The number of anilines is 2. The van der Waals surface area contributed by atoms with Crippen molar-refractivity contribution < 1.29 is 19.0 Å². The van der Waals surface area contributed by atoms with Gasteiger partial charge in [-0.25, -0.2) is 0 Å². The van der Waals surface area contributed by atoms with E-state index in [0.717, 1.165) is 6.42 Å². The van der Waals surface area contributed by atoms with E-state index in [0.29, 0.717) is 65.8 Å². The first kappa shape index (κ1) is 23.9.